The zero-order valence-corrected chi connectivity index (χ0v) is 36.1. The first kappa shape index (κ1) is 43.2. The second-order valence-corrected chi connectivity index (χ2v) is 17.0. The minimum Gasteiger partial charge on any atom is -0.491 e. The van der Waals surface area contributed by atoms with Gasteiger partial charge < -0.3 is 19.1 Å². The van der Waals surface area contributed by atoms with Crippen LogP contribution in [0.4, 0.5) is 5.69 Å². The molecule has 3 heterocycles. The molecule has 2 atom stereocenters. The second-order valence-electron chi connectivity index (χ2n) is 16.2. The van der Waals surface area contributed by atoms with Crippen molar-refractivity contribution in [2.75, 3.05) is 57.9 Å². The van der Waals surface area contributed by atoms with Crippen LogP contribution in [-0.4, -0.2) is 89.7 Å². The molecule has 1 aromatic heterocycles. The largest absolute Gasteiger partial charge is 0.491 e. The van der Waals surface area contributed by atoms with Crippen LogP contribution in [-0.2, 0) is 28.4 Å². The second kappa shape index (κ2) is 20.0. The van der Waals surface area contributed by atoms with Crippen molar-refractivity contribution >= 4 is 39.7 Å². The van der Waals surface area contributed by atoms with Gasteiger partial charge >= 0.3 is 0 Å². The third-order valence-corrected chi connectivity index (χ3v) is 10.7. The molecule has 5 aromatic rings. The van der Waals surface area contributed by atoms with E-state index in [-0.39, 0.29) is 11.5 Å². The fraction of sp³-hybridized carbons (Fsp3) is 0.404. The van der Waals surface area contributed by atoms with E-state index in [0.29, 0.717) is 41.4 Å². The maximum Gasteiger partial charge on any atom is 0.217 e. The molecule has 0 aliphatic carbocycles. The highest BCUT2D eigenvalue weighted by molar-refractivity contribution is 6.35. The fourth-order valence-electron chi connectivity index (χ4n) is 7.06. The Morgan fingerprint density at radius 2 is 1.74 bits per heavy atom. The first-order valence-electron chi connectivity index (χ1n) is 20.0. The van der Waals surface area contributed by atoms with Gasteiger partial charge in [0.25, 0.3) is 0 Å². The van der Waals surface area contributed by atoms with Crippen molar-refractivity contribution < 1.29 is 14.2 Å². The SMILES string of the molecule is CC(C)N1CCN(c2ccc(OC[C@H]3CO[C@](Cn4cncn4)(c4ccc(Cl)cc4Cl)O3)cc2)CC1.CN(C/C=C/C#CC(C)(C)C)Cc1cccc2ccccc12. The van der Waals surface area contributed by atoms with Gasteiger partial charge in [-0.2, -0.15) is 5.10 Å². The van der Waals surface area contributed by atoms with Crippen LogP contribution < -0.4 is 9.64 Å². The number of hydrogen-bond acceptors (Lipinski definition) is 8. The molecule has 0 saturated carbocycles. The molecular formula is C47H56Cl2N6O3. The predicted molar refractivity (Wildman–Crippen MR) is 236 cm³/mol. The molecule has 58 heavy (non-hydrogen) atoms. The number of anilines is 1. The summed E-state index contributed by atoms with van der Waals surface area (Å²) in [6, 6.07) is 29.2. The number of likely N-dealkylation sites (N-methyl/N-ethyl adjacent to an activating group) is 1. The molecule has 11 heteroatoms. The highest BCUT2D eigenvalue weighted by Crippen LogP contribution is 2.40. The number of piperazine rings is 1. The fourth-order valence-corrected chi connectivity index (χ4v) is 7.61. The van der Waals surface area contributed by atoms with Gasteiger partial charge in [-0.25, -0.2) is 9.67 Å². The molecule has 0 N–H and O–H groups in total. The normalized spacial score (nSPS) is 18.7. The van der Waals surface area contributed by atoms with E-state index in [0.717, 1.165) is 45.0 Å². The van der Waals surface area contributed by atoms with Gasteiger partial charge in [-0.05, 0) is 100 Å². The number of rotatable bonds is 12. The van der Waals surface area contributed by atoms with E-state index in [4.69, 9.17) is 37.4 Å². The van der Waals surface area contributed by atoms with Crippen molar-refractivity contribution in [3.8, 4) is 17.6 Å². The van der Waals surface area contributed by atoms with Crippen LogP contribution in [0, 0.1) is 17.3 Å². The zero-order chi connectivity index (χ0) is 41.1. The Kier molecular flexibility index (Phi) is 14.9. The van der Waals surface area contributed by atoms with Crippen LogP contribution in [0.25, 0.3) is 10.8 Å². The van der Waals surface area contributed by atoms with Crippen LogP contribution in [0.1, 0.15) is 45.7 Å². The van der Waals surface area contributed by atoms with E-state index in [1.165, 1.54) is 28.4 Å². The summed E-state index contributed by atoms with van der Waals surface area (Å²) in [4.78, 5) is 11.3. The van der Waals surface area contributed by atoms with Gasteiger partial charge in [0.05, 0.1) is 11.6 Å². The number of allylic oxidation sites excluding steroid dienone is 1. The molecule has 7 rings (SSSR count). The summed E-state index contributed by atoms with van der Waals surface area (Å²) >= 11 is 12.7. The summed E-state index contributed by atoms with van der Waals surface area (Å²) < 4.78 is 20.4. The first-order chi connectivity index (χ1) is 27.9. The monoisotopic (exact) mass is 822 g/mol. The summed E-state index contributed by atoms with van der Waals surface area (Å²) in [5.41, 5.74) is 3.35. The first-order valence-corrected chi connectivity index (χ1v) is 20.8. The lowest BCUT2D eigenvalue weighted by Gasteiger charge is -2.38. The number of fused-ring (bicyclic) bond motifs is 1. The lowest BCUT2D eigenvalue weighted by molar-refractivity contribution is -0.190. The van der Waals surface area contributed by atoms with Gasteiger partial charge in [-0.15, -0.1) is 0 Å². The van der Waals surface area contributed by atoms with Gasteiger partial charge in [-0.3, -0.25) is 9.80 Å². The molecule has 2 aliphatic heterocycles. The van der Waals surface area contributed by atoms with Crippen molar-refractivity contribution in [2.24, 2.45) is 5.41 Å². The third kappa shape index (κ3) is 12.1. The molecule has 0 radical (unpaired) electrons. The number of hydrogen-bond donors (Lipinski definition) is 0. The van der Waals surface area contributed by atoms with Crippen LogP contribution in [0.3, 0.4) is 0 Å². The number of halogens is 2. The molecule has 0 unspecified atom stereocenters. The Morgan fingerprint density at radius 3 is 2.45 bits per heavy atom. The molecule has 0 amide bonds. The van der Waals surface area contributed by atoms with Gasteiger partial charge in [0.1, 0.15) is 37.7 Å². The van der Waals surface area contributed by atoms with Gasteiger partial charge in [0.2, 0.25) is 5.79 Å². The summed E-state index contributed by atoms with van der Waals surface area (Å²) in [6.45, 7) is 18.0. The van der Waals surface area contributed by atoms with Crippen molar-refractivity contribution in [3.63, 3.8) is 0 Å². The molecular weight excluding hydrogens is 767 g/mol. The number of nitrogens with zero attached hydrogens (tertiary/aromatic N) is 6. The van der Waals surface area contributed by atoms with Crippen molar-refractivity contribution in [1.82, 2.24) is 24.6 Å². The average Bonchev–Trinajstić information content (AvgIpc) is 3.87. The number of aromatic nitrogens is 3. The Morgan fingerprint density at radius 1 is 0.983 bits per heavy atom. The molecule has 2 saturated heterocycles. The lowest BCUT2D eigenvalue weighted by atomic mass is 9.98. The third-order valence-electron chi connectivity index (χ3n) is 10.1. The summed E-state index contributed by atoms with van der Waals surface area (Å²) in [7, 11) is 2.14. The van der Waals surface area contributed by atoms with Crippen LogP contribution >= 0.6 is 23.2 Å². The summed E-state index contributed by atoms with van der Waals surface area (Å²) in [5, 5.41) is 7.87. The van der Waals surface area contributed by atoms with Crippen LogP contribution in [0.5, 0.6) is 5.75 Å². The van der Waals surface area contributed by atoms with Crippen molar-refractivity contribution in [1.29, 1.82) is 0 Å². The van der Waals surface area contributed by atoms with Gasteiger partial charge in [-0.1, -0.05) is 89.6 Å². The minimum atomic E-state index is -1.12. The molecule has 0 spiro atoms. The standard InChI is InChI=1S/C26H31Cl2N5O3.C21H25N/c1-19(2)31-9-11-32(12-10-31)21-4-6-22(7-5-21)34-14-23-15-35-26(36-23,16-33-18-29-17-30-33)24-8-3-20(27)13-25(24)28;1-21(2,3)15-8-5-9-16-22(4)17-19-13-10-12-18-11-6-7-14-20(18)19/h3-8,13,17-19,23H,9-12,14-16H2,1-2H3;5-7,9-14H,16-17H2,1-4H3/b;9-5+/t23-,26-;/m0./s1. The minimum absolute atomic E-state index is 0.0686. The Bertz CT molecular complexity index is 2150. The van der Waals surface area contributed by atoms with Gasteiger partial charge in [0, 0.05) is 67.0 Å². The molecule has 4 aromatic carbocycles. The predicted octanol–water partition coefficient (Wildman–Crippen LogP) is 9.34. The van der Waals surface area contributed by atoms with E-state index in [1.807, 2.05) is 24.3 Å². The Labute approximate surface area is 354 Å². The molecule has 0 bridgehead atoms. The molecule has 2 fully saturated rings. The van der Waals surface area contributed by atoms with Crippen LogP contribution in [0.15, 0.2) is 110 Å². The smallest absolute Gasteiger partial charge is 0.217 e. The summed E-state index contributed by atoms with van der Waals surface area (Å²) in [5.74, 6) is 6.00. The van der Waals surface area contributed by atoms with E-state index in [9.17, 15) is 0 Å². The zero-order valence-electron chi connectivity index (χ0n) is 34.6. The topological polar surface area (TPSA) is 68.1 Å². The maximum atomic E-state index is 6.53. The molecule has 306 valence electrons. The lowest BCUT2D eigenvalue weighted by Crippen LogP contribution is -2.48. The average molecular weight is 824 g/mol. The molecule has 9 nitrogen and oxygen atoms in total. The van der Waals surface area contributed by atoms with E-state index < -0.39 is 5.79 Å². The van der Waals surface area contributed by atoms with Crippen molar-refractivity contribution in [3.05, 3.63) is 131 Å². The number of benzene rings is 4. The highest BCUT2D eigenvalue weighted by Gasteiger charge is 2.45. The van der Waals surface area contributed by atoms with E-state index in [1.54, 1.807) is 23.1 Å². The summed E-state index contributed by atoms with van der Waals surface area (Å²) in [6.07, 6.45) is 6.89. The quantitative estimate of drug-likeness (QED) is 0.116. The maximum absolute atomic E-state index is 6.53. The van der Waals surface area contributed by atoms with E-state index in [2.05, 4.69) is 139 Å². The highest BCUT2D eigenvalue weighted by atomic mass is 35.5. The van der Waals surface area contributed by atoms with Crippen LogP contribution in [0.2, 0.25) is 10.0 Å². The Balaban J connectivity index is 0.000000221. The number of ether oxygens (including phenoxy) is 3. The van der Waals surface area contributed by atoms with E-state index >= 15 is 0 Å². The van der Waals surface area contributed by atoms with Crippen molar-refractivity contribution in [2.45, 2.75) is 65.6 Å². The Hall–Kier alpha value is -4.40. The molecule has 2 aliphatic rings. The van der Waals surface area contributed by atoms with Gasteiger partial charge in [0.15, 0.2) is 0 Å².